The topological polar surface area (TPSA) is 70.6 Å². The molecular weight excluding hydrogens is 515 g/mol. The van der Waals surface area contributed by atoms with Gasteiger partial charge in [-0.05, 0) is 77.8 Å². The van der Waals surface area contributed by atoms with Crippen LogP contribution in [0.2, 0.25) is 0 Å². The van der Waals surface area contributed by atoms with Crippen LogP contribution in [-0.2, 0) is 11.2 Å². The van der Waals surface area contributed by atoms with Gasteiger partial charge in [0.1, 0.15) is 22.6 Å². The number of nitrogens with one attached hydrogen (secondary N) is 1. The summed E-state index contributed by atoms with van der Waals surface area (Å²) in [5.41, 5.74) is -0.278. The first-order valence-corrected chi connectivity index (χ1v) is 14.5. The Kier molecular flexibility index (Phi) is 7.54. The summed E-state index contributed by atoms with van der Waals surface area (Å²) in [7, 11) is 0. The Balaban J connectivity index is 1.13. The van der Waals surface area contributed by atoms with E-state index in [0.29, 0.717) is 10.7 Å². The molecule has 1 unspecified atom stereocenters. The number of aromatic nitrogens is 2. The number of alkyl carbamates (subject to hydrolysis) is 1. The predicted molar refractivity (Wildman–Crippen MR) is 143 cm³/mol. The van der Waals surface area contributed by atoms with E-state index in [2.05, 4.69) is 25.1 Å². The Morgan fingerprint density at radius 1 is 1.13 bits per heavy atom. The number of amides is 1. The van der Waals surface area contributed by atoms with Gasteiger partial charge in [-0.3, -0.25) is 0 Å². The molecule has 1 saturated carbocycles. The smallest absolute Gasteiger partial charge is 0.407 e. The van der Waals surface area contributed by atoms with Crippen LogP contribution in [0, 0.1) is 11.3 Å². The van der Waals surface area contributed by atoms with E-state index < -0.39 is 18.2 Å². The standard InChI is InChI=1S/C27H38F3N5O2S/c1-25(2,3)37-24(36)33-19-6-4-18(5-7-19)14-34-10-8-26(15-34)9-11-35(16-26)22-21-12-20(13-27(28,29)30)38-23(21)32-17-31-22/h12,17-19H,4-11,13-16H2,1-3H3,(H,33,36)/t18-,19-,26?. The van der Waals surface area contributed by atoms with Crippen LogP contribution >= 0.6 is 11.3 Å². The molecule has 0 radical (unpaired) electrons. The zero-order chi connectivity index (χ0) is 27.1. The highest BCUT2D eigenvalue weighted by Gasteiger charge is 2.44. The van der Waals surface area contributed by atoms with Crippen molar-refractivity contribution < 1.29 is 22.7 Å². The molecule has 2 saturated heterocycles. The minimum absolute atomic E-state index is 0.188. The molecule has 11 heteroatoms. The van der Waals surface area contributed by atoms with Crippen molar-refractivity contribution in [3.8, 4) is 0 Å². The average Bonchev–Trinajstić information content (AvgIpc) is 3.51. The Bertz CT molecular complexity index is 1140. The molecule has 4 heterocycles. The first-order chi connectivity index (χ1) is 17.9. The fourth-order valence-electron chi connectivity index (χ4n) is 6.39. The summed E-state index contributed by atoms with van der Waals surface area (Å²) < 4.78 is 44.2. The first kappa shape index (κ1) is 27.4. The van der Waals surface area contributed by atoms with Gasteiger partial charge in [0.15, 0.2) is 0 Å². The van der Waals surface area contributed by atoms with Gasteiger partial charge in [0.05, 0.1) is 11.8 Å². The van der Waals surface area contributed by atoms with Gasteiger partial charge in [0.2, 0.25) is 0 Å². The van der Waals surface area contributed by atoms with Crippen molar-refractivity contribution in [3.63, 3.8) is 0 Å². The number of anilines is 1. The number of carbonyl (C=O) groups is 1. The number of rotatable bonds is 5. The molecule has 2 aliphatic heterocycles. The molecule has 3 aliphatic rings. The molecule has 1 N–H and O–H groups in total. The maximum atomic E-state index is 12.9. The second kappa shape index (κ2) is 10.4. The summed E-state index contributed by atoms with van der Waals surface area (Å²) in [5, 5.41) is 3.77. The Hall–Kier alpha value is -2.14. The monoisotopic (exact) mass is 553 g/mol. The lowest BCUT2D eigenvalue weighted by Crippen LogP contribution is -2.42. The number of hydrogen-bond acceptors (Lipinski definition) is 7. The number of ether oxygens (including phenoxy) is 1. The average molecular weight is 554 g/mol. The van der Waals surface area contributed by atoms with Crippen LogP contribution in [0.4, 0.5) is 23.8 Å². The number of fused-ring (bicyclic) bond motifs is 1. The molecule has 0 bridgehead atoms. The van der Waals surface area contributed by atoms with Gasteiger partial charge in [-0.25, -0.2) is 14.8 Å². The van der Waals surface area contributed by atoms with Crippen molar-refractivity contribution in [3.05, 3.63) is 17.3 Å². The molecule has 1 amide bonds. The van der Waals surface area contributed by atoms with E-state index in [1.807, 2.05) is 20.8 Å². The summed E-state index contributed by atoms with van der Waals surface area (Å²) in [6.45, 7) is 10.6. The molecule has 38 heavy (non-hydrogen) atoms. The molecule has 210 valence electrons. The van der Waals surface area contributed by atoms with Crippen LogP contribution in [0.15, 0.2) is 12.4 Å². The maximum Gasteiger partial charge on any atom is 0.407 e. The van der Waals surface area contributed by atoms with Crippen LogP contribution in [-0.4, -0.2) is 71.5 Å². The first-order valence-electron chi connectivity index (χ1n) is 13.6. The van der Waals surface area contributed by atoms with Gasteiger partial charge < -0.3 is 19.9 Å². The van der Waals surface area contributed by atoms with Gasteiger partial charge in [0, 0.05) is 42.5 Å². The van der Waals surface area contributed by atoms with E-state index in [9.17, 15) is 18.0 Å². The highest BCUT2D eigenvalue weighted by molar-refractivity contribution is 7.18. The summed E-state index contributed by atoms with van der Waals surface area (Å²) >= 11 is 1.11. The third-order valence-electron chi connectivity index (χ3n) is 8.07. The van der Waals surface area contributed by atoms with Gasteiger partial charge in [-0.1, -0.05) is 0 Å². The Labute approximate surface area is 226 Å². The summed E-state index contributed by atoms with van der Waals surface area (Å²) in [6.07, 6.45) is 2.38. The Morgan fingerprint density at radius 3 is 2.58 bits per heavy atom. The third kappa shape index (κ3) is 6.70. The third-order valence-corrected chi connectivity index (χ3v) is 9.12. The van der Waals surface area contributed by atoms with Crippen molar-refractivity contribution >= 4 is 33.5 Å². The molecule has 1 aliphatic carbocycles. The summed E-state index contributed by atoms with van der Waals surface area (Å²) in [4.78, 5) is 26.6. The van der Waals surface area contributed by atoms with Crippen molar-refractivity contribution in [1.82, 2.24) is 20.2 Å². The van der Waals surface area contributed by atoms with Gasteiger partial charge in [0.25, 0.3) is 0 Å². The second-order valence-corrected chi connectivity index (χ2v) is 13.6. The van der Waals surface area contributed by atoms with E-state index in [0.717, 1.165) is 93.8 Å². The quantitative estimate of drug-likeness (QED) is 0.506. The molecule has 0 aromatic carbocycles. The molecule has 3 fully saturated rings. The fourth-order valence-corrected chi connectivity index (χ4v) is 7.41. The number of carbonyl (C=O) groups excluding carboxylic acids is 1. The minimum Gasteiger partial charge on any atom is -0.444 e. The molecule has 5 rings (SSSR count). The predicted octanol–water partition coefficient (Wildman–Crippen LogP) is 5.78. The van der Waals surface area contributed by atoms with Crippen LogP contribution in [0.25, 0.3) is 10.2 Å². The SMILES string of the molecule is CC(C)(C)OC(=O)N[C@H]1CC[C@H](CN2CCC3(CCN(c4ncnc5sc(CC(F)(F)F)cc45)C3)C2)CC1. The molecular formula is C27H38F3N5O2S. The molecule has 1 atom stereocenters. The number of alkyl halides is 3. The molecule has 7 nitrogen and oxygen atoms in total. The summed E-state index contributed by atoms with van der Waals surface area (Å²) in [6, 6.07) is 1.82. The van der Waals surface area contributed by atoms with Crippen molar-refractivity contribution in [1.29, 1.82) is 0 Å². The number of likely N-dealkylation sites (tertiary alicyclic amines) is 1. The van der Waals surface area contributed by atoms with E-state index in [4.69, 9.17) is 4.74 Å². The number of nitrogens with zero attached hydrogens (tertiary/aromatic N) is 4. The van der Waals surface area contributed by atoms with E-state index in [1.165, 1.54) is 6.33 Å². The largest absolute Gasteiger partial charge is 0.444 e. The van der Waals surface area contributed by atoms with Crippen LogP contribution < -0.4 is 10.2 Å². The van der Waals surface area contributed by atoms with Crippen LogP contribution in [0.3, 0.4) is 0 Å². The number of hydrogen-bond donors (Lipinski definition) is 1. The number of thiophene rings is 1. The normalized spacial score (nSPS) is 26.9. The Morgan fingerprint density at radius 2 is 1.87 bits per heavy atom. The van der Waals surface area contributed by atoms with Crippen LogP contribution in [0.1, 0.15) is 64.2 Å². The summed E-state index contributed by atoms with van der Waals surface area (Å²) in [5.74, 6) is 1.41. The van der Waals surface area contributed by atoms with Crippen molar-refractivity contribution in [2.24, 2.45) is 11.3 Å². The minimum atomic E-state index is -4.23. The number of halogens is 3. The zero-order valence-electron chi connectivity index (χ0n) is 22.4. The second-order valence-electron chi connectivity index (χ2n) is 12.4. The van der Waals surface area contributed by atoms with Crippen LogP contribution in [0.5, 0.6) is 0 Å². The van der Waals surface area contributed by atoms with E-state index in [1.54, 1.807) is 6.07 Å². The fraction of sp³-hybridized carbons (Fsp3) is 0.741. The lowest BCUT2D eigenvalue weighted by molar-refractivity contribution is -0.126. The molecule has 2 aromatic heterocycles. The molecule has 2 aromatic rings. The lowest BCUT2D eigenvalue weighted by Gasteiger charge is -2.32. The van der Waals surface area contributed by atoms with Gasteiger partial charge in [-0.2, -0.15) is 13.2 Å². The van der Waals surface area contributed by atoms with Crippen molar-refractivity contribution in [2.45, 2.75) is 83.5 Å². The molecule has 1 spiro atoms. The van der Waals surface area contributed by atoms with Gasteiger partial charge >= 0.3 is 12.3 Å². The maximum absolute atomic E-state index is 12.9. The van der Waals surface area contributed by atoms with Crippen molar-refractivity contribution in [2.75, 3.05) is 37.6 Å². The van der Waals surface area contributed by atoms with E-state index in [-0.39, 0.29) is 22.4 Å². The zero-order valence-corrected chi connectivity index (χ0v) is 23.3. The van der Waals surface area contributed by atoms with Gasteiger partial charge in [-0.15, -0.1) is 11.3 Å². The lowest BCUT2D eigenvalue weighted by atomic mass is 9.85. The highest BCUT2D eigenvalue weighted by Crippen LogP contribution is 2.43. The van der Waals surface area contributed by atoms with E-state index >= 15 is 0 Å². The highest BCUT2D eigenvalue weighted by atomic mass is 32.1.